The summed E-state index contributed by atoms with van der Waals surface area (Å²) in [5.74, 6) is 0.694. The zero-order chi connectivity index (χ0) is 11.3. The highest BCUT2D eigenvalue weighted by atomic mass is 15.3. The number of rotatable bonds is 6. The molecule has 2 unspecified atom stereocenters. The van der Waals surface area contributed by atoms with E-state index in [2.05, 4.69) is 44.3 Å². The molecule has 2 atom stereocenters. The minimum absolute atomic E-state index is 0.509. The summed E-state index contributed by atoms with van der Waals surface area (Å²) in [7, 11) is 0. The lowest BCUT2D eigenvalue weighted by molar-refractivity contribution is 0.494. The monoisotopic (exact) mass is 209 g/mol. The average molecular weight is 209 g/mol. The van der Waals surface area contributed by atoms with Gasteiger partial charge in [-0.25, -0.2) is 0 Å². The van der Waals surface area contributed by atoms with Gasteiger partial charge in [0.2, 0.25) is 0 Å². The van der Waals surface area contributed by atoms with Gasteiger partial charge in [-0.05, 0) is 19.3 Å². The van der Waals surface area contributed by atoms with Crippen molar-refractivity contribution < 1.29 is 0 Å². The van der Waals surface area contributed by atoms with Crippen LogP contribution in [0.25, 0.3) is 0 Å². The molecule has 0 aliphatic rings. The highest BCUT2D eigenvalue weighted by molar-refractivity contribution is 5.39. The van der Waals surface area contributed by atoms with Crippen LogP contribution in [0.5, 0.6) is 0 Å². The first-order valence-corrected chi connectivity index (χ1v) is 5.96. The van der Waals surface area contributed by atoms with Crippen LogP contribution in [-0.4, -0.2) is 15.8 Å². The molecule has 1 aromatic rings. The van der Waals surface area contributed by atoms with Crippen molar-refractivity contribution in [1.82, 2.24) is 9.78 Å². The van der Waals surface area contributed by atoms with E-state index < -0.39 is 0 Å². The quantitative estimate of drug-likeness (QED) is 0.780. The maximum absolute atomic E-state index is 4.30. The van der Waals surface area contributed by atoms with E-state index in [9.17, 15) is 0 Å². The molecular weight excluding hydrogens is 186 g/mol. The number of anilines is 1. The van der Waals surface area contributed by atoms with Crippen molar-refractivity contribution in [3.63, 3.8) is 0 Å². The van der Waals surface area contributed by atoms with Crippen molar-refractivity contribution >= 4 is 5.69 Å². The third kappa shape index (κ3) is 3.57. The predicted molar refractivity (Wildman–Crippen MR) is 65.1 cm³/mol. The molecule has 0 amide bonds. The van der Waals surface area contributed by atoms with Crippen molar-refractivity contribution in [2.24, 2.45) is 5.92 Å². The summed E-state index contributed by atoms with van der Waals surface area (Å²) < 4.78 is 1.99. The molecule has 1 rings (SSSR count). The van der Waals surface area contributed by atoms with Crippen LogP contribution in [0.2, 0.25) is 0 Å². The van der Waals surface area contributed by atoms with Crippen molar-refractivity contribution in [1.29, 1.82) is 0 Å². The molecule has 3 heteroatoms. The molecule has 15 heavy (non-hydrogen) atoms. The lowest BCUT2D eigenvalue weighted by Crippen LogP contribution is -2.22. The first kappa shape index (κ1) is 12.1. The minimum Gasteiger partial charge on any atom is -0.380 e. The number of aromatic nitrogens is 2. The van der Waals surface area contributed by atoms with Crippen LogP contribution >= 0.6 is 0 Å². The molecule has 0 saturated heterocycles. The molecule has 0 aliphatic heterocycles. The zero-order valence-corrected chi connectivity index (χ0v) is 10.3. The van der Waals surface area contributed by atoms with Gasteiger partial charge in [0.25, 0.3) is 0 Å². The molecule has 3 nitrogen and oxygen atoms in total. The summed E-state index contributed by atoms with van der Waals surface area (Å²) in [4.78, 5) is 0. The number of nitrogens with one attached hydrogen (secondary N) is 1. The molecule has 1 heterocycles. The lowest BCUT2D eigenvalue weighted by Gasteiger charge is -2.19. The van der Waals surface area contributed by atoms with E-state index in [4.69, 9.17) is 0 Å². The van der Waals surface area contributed by atoms with Crippen LogP contribution in [0.1, 0.15) is 40.5 Å². The number of nitrogens with zero attached hydrogens (tertiary/aromatic N) is 2. The predicted octanol–water partition coefficient (Wildman–Crippen LogP) is 3.14. The number of aryl methyl sites for hydroxylation is 1. The first-order chi connectivity index (χ1) is 7.17. The van der Waals surface area contributed by atoms with Crippen molar-refractivity contribution in [2.75, 3.05) is 5.32 Å². The van der Waals surface area contributed by atoms with Crippen molar-refractivity contribution in [3.8, 4) is 0 Å². The Balaban J connectivity index is 2.49. The van der Waals surface area contributed by atoms with Crippen LogP contribution in [0, 0.1) is 5.92 Å². The largest absolute Gasteiger partial charge is 0.380 e. The van der Waals surface area contributed by atoms with Gasteiger partial charge in [0, 0.05) is 18.8 Å². The van der Waals surface area contributed by atoms with E-state index in [-0.39, 0.29) is 0 Å². The zero-order valence-electron chi connectivity index (χ0n) is 10.3. The van der Waals surface area contributed by atoms with Gasteiger partial charge in [-0.1, -0.05) is 27.2 Å². The fourth-order valence-electron chi connectivity index (χ4n) is 1.55. The van der Waals surface area contributed by atoms with Gasteiger partial charge in [-0.2, -0.15) is 5.10 Å². The van der Waals surface area contributed by atoms with E-state index in [1.54, 1.807) is 0 Å². The number of hydrogen-bond acceptors (Lipinski definition) is 2. The Hall–Kier alpha value is -0.990. The molecule has 0 saturated carbocycles. The smallest absolute Gasteiger partial charge is 0.0728 e. The Bertz CT molecular complexity index is 280. The Labute approximate surface area is 92.9 Å². The van der Waals surface area contributed by atoms with Crippen LogP contribution in [-0.2, 0) is 6.54 Å². The Morgan fingerprint density at radius 1 is 1.40 bits per heavy atom. The second-order valence-corrected chi connectivity index (χ2v) is 4.31. The first-order valence-electron chi connectivity index (χ1n) is 5.96. The summed E-state index contributed by atoms with van der Waals surface area (Å²) in [5.41, 5.74) is 1.14. The van der Waals surface area contributed by atoms with Crippen LogP contribution in [0.15, 0.2) is 12.4 Å². The summed E-state index contributed by atoms with van der Waals surface area (Å²) >= 11 is 0. The maximum Gasteiger partial charge on any atom is 0.0728 e. The van der Waals surface area contributed by atoms with Crippen LogP contribution < -0.4 is 5.32 Å². The normalized spacial score (nSPS) is 14.9. The molecule has 0 spiro atoms. The molecule has 0 radical (unpaired) electrons. The van der Waals surface area contributed by atoms with E-state index in [1.807, 2.05) is 10.9 Å². The standard InChI is InChI=1S/C12H23N3/c1-5-7-15-9-12(8-13-15)14-11(4)10(3)6-2/h8-11,14H,5-7H2,1-4H3. The summed E-state index contributed by atoms with van der Waals surface area (Å²) in [6.45, 7) is 9.89. The lowest BCUT2D eigenvalue weighted by atomic mass is 10.0. The molecule has 86 valence electrons. The van der Waals surface area contributed by atoms with Crippen molar-refractivity contribution in [2.45, 2.75) is 53.1 Å². The fourth-order valence-corrected chi connectivity index (χ4v) is 1.55. The van der Waals surface area contributed by atoms with E-state index in [1.165, 1.54) is 6.42 Å². The summed E-state index contributed by atoms with van der Waals surface area (Å²) in [5, 5.41) is 7.79. The van der Waals surface area contributed by atoms with Gasteiger partial charge in [-0.3, -0.25) is 4.68 Å². The van der Waals surface area contributed by atoms with Crippen LogP contribution in [0.3, 0.4) is 0 Å². The molecule has 0 aromatic carbocycles. The summed E-state index contributed by atoms with van der Waals surface area (Å²) in [6, 6.07) is 0.509. The highest BCUT2D eigenvalue weighted by Crippen LogP contribution is 2.14. The Morgan fingerprint density at radius 2 is 2.13 bits per heavy atom. The average Bonchev–Trinajstić information content (AvgIpc) is 2.65. The molecule has 0 bridgehead atoms. The van der Waals surface area contributed by atoms with Gasteiger partial charge in [0.1, 0.15) is 0 Å². The SMILES string of the molecule is CCCn1cc(NC(C)C(C)CC)cn1. The minimum atomic E-state index is 0.509. The van der Waals surface area contributed by atoms with E-state index >= 15 is 0 Å². The second kappa shape index (κ2) is 5.79. The van der Waals surface area contributed by atoms with Gasteiger partial charge < -0.3 is 5.32 Å². The van der Waals surface area contributed by atoms with Gasteiger partial charge in [-0.15, -0.1) is 0 Å². The fraction of sp³-hybridized carbons (Fsp3) is 0.750. The molecule has 0 fully saturated rings. The van der Waals surface area contributed by atoms with Gasteiger partial charge >= 0.3 is 0 Å². The Kier molecular flexibility index (Phi) is 4.66. The maximum atomic E-state index is 4.30. The topological polar surface area (TPSA) is 29.9 Å². The van der Waals surface area contributed by atoms with E-state index in [0.717, 1.165) is 18.7 Å². The summed E-state index contributed by atoms with van der Waals surface area (Å²) in [6.07, 6.45) is 6.33. The Morgan fingerprint density at radius 3 is 2.73 bits per heavy atom. The number of hydrogen-bond donors (Lipinski definition) is 1. The molecular formula is C12H23N3. The molecule has 1 aromatic heterocycles. The molecule has 1 N–H and O–H groups in total. The van der Waals surface area contributed by atoms with Crippen molar-refractivity contribution in [3.05, 3.63) is 12.4 Å². The van der Waals surface area contributed by atoms with Gasteiger partial charge in [0.15, 0.2) is 0 Å². The van der Waals surface area contributed by atoms with Gasteiger partial charge in [0.05, 0.1) is 11.9 Å². The third-order valence-corrected chi connectivity index (χ3v) is 2.98. The van der Waals surface area contributed by atoms with E-state index in [0.29, 0.717) is 12.0 Å². The van der Waals surface area contributed by atoms with Crippen LogP contribution in [0.4, 0.5) is 5.69 Å². The second-order valence-electron chi connectivity index (χ2n) is 4.31. The third-order valence-electron chi connectivity index (χ3n) is 2.98. The molecule has 0 aliphatic carbocycles. The highest BCUT2D eigenvalue weighted by Gasteiger charge is 2.10.